The third-order valence-electron chi connectivity index (χ3n) is 4.49. The molecule has 0 saturated heterocycles. The van der Waals surface area contributed by atoms with Gasteiger partial charge in [0.2, 0.25) is 5.91 Å². The third-order valence-corrected chi connectivity index (χ3v) is 4.49. The molecular formula is C19H31ClN4O2. The van der Waals surface area contributed by atoms with Crippen LogP contribution in [0.3, 0.4) is 0 Å². The zero-order valence-corrected chi connectivity index (χ0v) is 16.6. The molecule has 7 heteroatoms. The minimum Gasteiger partial charge on any atom is -0.352 e. The topological polar surface area (TPSA) is 82.1 Å². The minimum absolute atomic E-state index is 0. The van der Waals surface area contributed by atoms with Crippen LogP contribution in [0.5, 0.6) is 0 Å². The van der Waals surface area contributed by atoms with Crippen LogP contribution in [0, 0.1) is 0 Å². The maximum atomic E-state index is 12.7. The van der Waals surface area contributed by atoms with Crippen molar-refractivity contribution in [3.8, 4) is 0 Å². The lowest BCUT2D eigenvalue weighted by Gasteiger charge is -2.16. The second kappa shape index (κ2) is 11.0. The van der Waals surface area contributed by atoms with Crippen molar-refractivity contribution < 1.29 is 4.79 Å². The van der Waals surface area contributed by atoms with E-state index in [1.807, 2.05) is 24.3 Å². The number of hydrogen-bond acceptors (Lipinski definition) is 3. The van der Waals surface area contributed by atoms with E-state index in [2.05, 4.69) is 19.2 Å². The largest absolute Gasteiger partial charge is 0.352 e. The summed E-state index contributed by atoms with van der Waals surface area (Å²) >= 11 is 0. The van der Waals surface area contributed by atoms with Gasteiger partial charge in [-0.3, -0.25) is 13.9 Å². The van der Waals surface area contributed by atoms with Crippen LogP contribution in [-0.2, 0) is 17.9 Å². The van der Waals surface area contributed by atoms with E-state index in [0.29, 0.717) is 19.6 Å². The Morgan fingerprint density at radius 2 is 1.73 bits per heavy atom. The summed E-state index contributed by atoms with van der Waals surface area (Å²) in [7, 11) is 0. The van der Waals surface area contributed by atoms with Gasteiger partial charge in [-0.2, -0.15) is 0 Å². The number of nitrogens with one attached hydrogen (secondary N) is 1. The van der Waals surface area contributed by atoms with E-state index in [-0.39, 0.29) is 36.5 Å². The van der Waals surface area contributed by atoms with Crippen LogP contribution in [0.2, 0.25) is 0 Å². The fourth-order valence-electron chi connectivity index (χ4n) is 3.14. The van der Waals surface area contributed by atoms with Crippen molar-refractivity contribution in [2.24, 2.45) is 5.73 Å². The lowest BCUT2D eigenvalue weighted by Crippen LogP contribution is -2.40. The Morgan fingerprint density at radius 1 is 1.12 bits per heavy atom. The summed E-state index contributed by atoms with van der Waals surface area (Å²) in [5.74, 6) is -0.0502. The van der Waals surface area contributed by atoms with Crippen LogP contribution in [0.4, 0.5) is 0 Å². The number of rotatable bonds is 10. The highest BCUT2D eigenvalue weighted by molar-refractivity contribution is 5.85. The van der Waals surface area contributed by atoms with Gasteiger partial charge in [0.25, 0.3) is 0 Å². The molecule has 1 unspecified atom stereocenters. The number of aromatic nitrogens is 2. The highest BCUT2D eigenvalue weighted by atomic mass is 35.5. The lowest BCUT2D eigenvalue weighted by molar-refractivity contribution is -0.122. The number of nitrogens with two attached hydrogens (primary N) is 1. The van der Waals surface area contributed by atoms with E-state index in [0.717, 1.165) is 36.7 Å². The standard InChI is InChI=1S/C19H30N4O2.ClH/c1-3-5-8-15(14-20)21-18(24)11-13-23-17-10-7-6-9-16(17)22(12-4-2)19(23)25;/h6-7,9-10,15H,3-5,8,11-14,20H2,1-2H3,(H,21,24);1H. The summed E-state index contributed by atoms with van der Waals surface area (Å²) in [5, 5.41) is 2.99. The number of nitrogens with zero attached hydrogens (tertiary/aromatic N) is 2. The van der Waals surface area contributed by atoms with E-state index >= 15 is 0 Å². The normalized spacial score (nSPS) is 12.0. The second-order valence-electron chi connectivity index (χ2n) is 6.47. The molecular weight excluding hydrogens is 352 g/mol. The molecule has 1 aromatic carbocycles. The second-order valence-corrected chi connectivity index (χ2v) is 6.47. The van der Waals surface area contributed by atoms with Crippen molar-refractivity contribution in [3.63, 3.8) is 0 Å². The van der Waals surface area contributed by atoms with Crippen molar-refractivity contribution in [1.82, 2.24) is 14.5 Å². The van der Waals surface area contributed by atoms with Crippen molar-refractivity contribution in [2.45, 2.75) is 65.1 Å². The number of amides is 1. The molecule has 0 aliphatic heterocycles. The van der Waals surface area contributed by atoms with Crippen LogP contribution >= 0.6 is 12.4 Å². The number of halogens is 1. The maximum Gasteiger partial charge on any atom is 0.329 e. The number of unbranched alkanes of at least 4 members (excludes halogenated alkanes) is 1. The van der Waals surface area contributed by atoms with Gasteiger partial charge in [0.1, 0.15) is 0 Å². The number of carbonyl (C=O) groups is 1. The minimum atomic E-state index is -0.0502. The molecule has 0 saturated carbocycles. The van der Waals surface area contributed by atoms with Gasteiger partial charge in [-0.15, -0.1) is 12.4 Å². The van der Waals surface area contributed by atoms with Crippen LogP contribution in [-0.4, -0.2) is 27.6 Å². The van der Waals surface area contributed by atoms with Gasteiger partial charge < -0.3 is 11.1 Å². The Kier molecular flexibility index (Phi) is 9.44. The first kappa shape index (κ1) is 22.3. The first-order chi connectivity index (χ1) is 12.1. The fraction of sp³-hybridized carbons (Fsp3) is 0.579. The van der Waals surface area contributed by atoms with Crippen molar-refractivity contribution in [2.75, 3.05) is 6.54 Å². The van der Waals surface area contributed by atoms with Gasteiger partial charge in [-0.1, -0.05) is 38.8 Å². The molecule has 6 nitrogen and oxygen atoms in total. The van der Waals surface area contributed by atoms with Gasteiger partial charge in [0, 0.05) is 32.1 Å². The molecule has 26 heavy (non-hydrogen) atoms. The quantitative estimate of drug-likeness (QED) is 0.662. The monoisotopic (exact) mass is 382 g/mol. The van der Waals surface area contributed by atoms with Gasteiger partial charge in [-0.25, -0.2) is 4.79 Å². The smallest absolute Gasteiger partial charge is 0.329 e. The van der Waals surface area contributed by atoms with E-state index in [1.165, 1.54) is 0 Å². The Labute approximate surface area is 161 Å². The first-order valence-corrected chi connectivity index (χ1v) is 9.29. The van der Waals surface area contributed by atoms with E-state index in [9.17, 15) is 9.59 Å². The molecule has 3 N–H and O–H groups in total. The molecule has 1 heterocycles. The maximum absolute atomic E-state index is 12.7. The summed E-state index contributed by atoms with van der Waals surface area (Å²) < 4.78 is 3.49. The van der Waals surface area contributed by atoms with Gasteiger partial charge in [-0.05, 0) is 25.0 Å². The molecule has 0 spiro atoms. The third kappa shape index (κ3) is 5.35. The number of benzene rings is 1. The SMILES string of the molecule is CCCCC(CN)NC(=O)CCn1c(=O)n(CCC)c2ccccc21.Cl. The van der Waals surface area contributed by atoms with Crippen LogP contribution in [0.1, 0.15) is 46.0 Å². The Morgan fingerprint density at radius 3 is 2.27 bits per heavy atom. The van der Waals surface area contributed by atoms with E-state index < -0.39 is 0 Å². The average Bonchev–Trinajstić information content (AvgIpc) is 2.89. The molecule has 146 valence electrons. The van der Waals surface area contributed by atoms with Crippen LogP contribution in [0.25, 0.3) is 11.0 Å². The van der Waals surface area contributed by atoms with Crippen molar-refractivity contribution in [3.05, 3.63) is 34.7 Å². The molecule has 0 fully saturated rings. The van der Waals surface area contributed by atoms with E-state index in [4.69, 9.17) is 5.73 Å². The van der Waals surface area contributed by atoms with E-state index in [1.54, 1.807) is 9.13 Å². The Balaban J connectivity index is 0.00000338. The van der Waals surface area contributed by atoms with Gasteiger partial charge in [0.05, 0.1) is 11.0 Å². The Bertz CT molecular complexity index is 754. The van der Waals surface area contributed by atoms with Crippen molar-refractivity contribution in [1.29, 1.82) is 0 Å². The summed E-state index contributed by atoms with van der Waals surface area (Å²) in [4.78, 5) is 24.9. The number of hydrogen-bond donors (Lipinski definition) is 2. The Hall–Kier alpha value is -1.79. The van der Waals surface area contributed by atoms with Crippen LogP contribution in [0.15, 0.2) is 29.1 Å². The summed E-state index contributed by atoms with van der Waals surface area (Å²) in [6.07, 6.45) is 4.20. The van der Waals surface area contributed by atoms with Crippen LogP contribution < -0.4 is 16.7 Å². The molecule has 1 atom stereocenters. The zero-order valence-electron chi connectivity index (χ0n) is 15.7. The summed E-state index contributed by atoms with van der Waals surface area (Å²) in [6.45, 7) is 5.68. The van der Waals surface area contributed by atoms with Gasteiger partial charge in [0.15, 0.2) is 0 Å². The number of aryl methyl sites for hydroxylation is 2. The number of para-hydroxylation sites is 2. The average molecular weight is 383 g/mol. The molecule has 2 rings (SSSR count). The molecule has 0 radical (unpaired) electrons. The molecule has 2 aromatic rings. The summed E-state index contributed by atoms with van der Waals surface area (Å²) in [5.41, 5.74) is 7.50. The highest BCUT2D eigenvalue weighted by Gasteiger charge is 2.14. The molecule has 0 aliphatic carbocycles. The first-order valence-electron chi connectivity index (χ1n) is 9.29. The highest BCUT2D eigenvalue weighted by Crippen LogP contribution is 2.13. The number of imidazole rings is 1. The molecule has 1 aromatic heterocycles. The molecule has 1 amide bonds. The van der Waals surface area contributed by atoms with Gasteiger partial charge >= 0.3 is 5.69 Å². The lowest BCUT2D eigenvalue weighted by atomic mass is 10.1. The zero-order chi connectivity index (χ0) is 18.2. The molecule has 0 aliphatic rings. The number of fused-ring (bicyclic) bond motifs is 1. The van der Waals surface area contributed by atoms with Crippen molar-refractivity contribution >= 4 is 29.3 Å². The predicted molar refractivity (Wildman–Crippen MR) is 109 cm³/mol. The number of carbonyl (C=O) groups excluding carboxylic acids is 1. The summed E-state index contributed by atoms with van der Waals surface area (Å²) in [6, 6.07) is 7.77. The fourth-order valence-corrected chi connectivity index (χ4v) is 3.14. The predicted octanol–water partition coefficient (Wildman–Crippen LogP) is 2.66. The molecule has 0 bridgehead atoms.